The Morgan fingerprint density at radius 2 is 2.43 bits per heavy atom. The normalized spacial score (nSPS) is 28.0. The highest BCUT2D eigenvalue weighted by Crippen LogP contribution is 2.28. The predicted molar refractivity (Wildman–Crippen MR) is 56.0 cm³/mol. The van der Waals surface area contributed by atoms with E-state index in [4.69, 9.17) is 4.74 Å². The third-order valence-corrected chi connectivity index (χ3v) is 3.47. The van der Waals surface area contributed by atoms with Gasteiger partial charge in [-0.15, -0.1) is 11.3 Å². The zero-order chi connectivity index (χ0) is 10.1. The Balaban J connectivity index is 2.17. The van der Waals surface area contributed by atoms with Crippen LogP contribution in [-0.2, 0) is 4.74 Å². The van der Waals surface area contributed by atoms with Crippen molar-refractivity contribution < 1.29 is 9.84 Å². The summed E-state index contributed by atoms with van der Waals surface area (Å²) in [6, 6.07) is 0.314. The lowest BCUT2D eigenvalue weighted by molar-refractivity contribution is 0.0284. The third-order valence-electron chi connectivity index (χ3n) is 2.61. The second kappa shape index (κ2) is 3.74. The molecule has 0 amide bonds. The van der Waals surface area contributed by atoms with Gasteiger partial charge in [-0.1, -0.05) is 0 Å². The zero-order valence-electron chi connectivity index (χ0n) is 8.30. The molecule has 1 N–H and O–H groups in total. The molecule has 1 saturated heterocycles. The molecule has 0 saturated carbocycles. The lowest BCUT2D eigenvalue weighted by Gasteiger charge is -2.37. The summed E-state index contributed by atoms with van der Waals surface area (Å²) in [7, 11) is 0. The number of nitrogens with zero attached hydrogens (tertiary/aromatic N) is 2. The molecule has 0 radical (unpaired) electrons. The van der Waals surface area contributed by atoms with Crippen LogP contribution in [0.1, 0.15) is 13.8 Å². The van der Waals surface area contributed by atoms with Crippen molar-refractivity contribution in [2.45, 2.75) is 26.0 Å². The Hall–Kier alpha value is -0.810. The highest BCUT2D eigenvalue weighted by atomic mass is 32.1. The monoisotopic (exact) mass is 214 g/mol. The van der Waals surface area contributed by atoms with Crippen LogP contribution in [0.25, 0.3) is 0 Å². The Labute approximate surface area is 87.1 Å². The topological polar surface area (TPSA) is 45.6 Å². The highest BCUT2D eigenvalue weighted by Gasteiger charge is 2.27. The molecule has 4 nitrogen and oxygen atoms in total. The molecule has 2 atom stereocenters. The molecule has 2 heterocycles. The molecule has 1 aromatic rings. The molecule has 0 aromatic carbocycles. The summed E-state index contributed by atoms with van der Waals surface area (Å²) in [4.78, 5) is 6.24. The summed E-state index contributed by atoms with van der Waals surface area (Å²) >= 11 is 1.47. The molecule has 1 aliphatic rings. The van der Waals surface area contributed by atoms with Gasteiger partial charge in [-0.25, -0.2) is 0 Å². The molecule has 1 aromatic heterocycles. The Morgan fingerprint density at radius 3 is 3.07 bits per heavy atom. The number of ether oxygens (including phenoxy) is 1. The van der Waals surface area contributed by atoms with Crippen LogP contribution < -0.4 is 4.90 Å². The van der Waals surface area contributed by atoms with E-state index in [0.717, 1.165) is 18.3 Å². The van der Waals surface area contributed by atoms with E-state index in [2.05, 4.69) is 23.7 Å². The van der Waals surface area contributed by atoms with E-state index in [9.17, 15) is 5.11 Å². The Bertz CT molecular complexity index is 316. The Morgan fingerprint density at radius 1 is 1.64 bits per heavy atom. The van der Waals surface area contributed by atoms with E-state index in [0.29, 0.717) is 6.04 Å². The molecule has 0 spiro atoms. The number of thiazole rings is 1. The maximum Gasteiger partial charge on any atom is 0.223 e. The van der Waals surface area contributed by atoms with Crippen molar-refractivity contribution in [1.29, 1.82) is 0 Å². The van der Waals surface area contributed by atoms with Crippen LogP contribution in [0.3, 0.4) is 0 Å². The number of rotatable bonds is 1. The van der Waals surface area contributed by atoms with E-state index in [1.807, 2.05) is 0 Å². The first-order chi connectivity index (χ1) is 6.68. The minimum absolute atomic E-state index is 0.108. The second-order valence-electron chi connectivity index (χ2n) is 3.50. The van der Waals surface area contributed by atoms with Gasteiger partial charge in [0.1, 0.15) is 0 Å². The van der Waals surface area contributed by atoms with Crippen molar-refractivity contribution in [1.82, 2.24) is 4.98 Å². The highest BCUT2D eigenvalue weighted by molar-refractivity contribution is 7.13. The Kier molecular flexibility index (Phi) is 2.60. The molecule has 1 fully saturated rings. The van der Waals surface area contributed by atoms with E-state index in [1.165, 1.54) is 11.3 Å². The standard InChI is InChI=1S/C9H14N2O2S/c1-6-7(2)13-4-3-11(6)9-10-8(12)5-14-9/h5-7,12H,3-4H2,1-2H3. The van der Waals surface area contributed by atoms with Crippen LogP contribution in [-0.4, -0.2) is 35.4 Å². The van der Waals surface area contributed by atoms with Gasteiger partial charge in [-0.05, 0) is 13.8 Å². The fourth-order valence-electron chi connectivity index (χ4n) is 1.59. The molecule has 14 heavy (non-hydrogen) atoms. The van der Waals surface area contributed by atoms with Gasteiger partial charge in [0.25, 0.3) is 0 Å². The number of morpholine rings is 1. The smallest absolute Gasteiger partial charge is 0.223 e. The molecule has 2 unspecified atom stereocenters. The van der Waals surface area contributed by atoms with Crippen LogP contribution in [0.5, 0.6) is 5.88 Å². The molecule has 0 bridgehead atoms. The van der Waals surface area contributed by atoms with Crippen LogP contribution in [0.15, 0.2) is 5.38 Å². The van der Waals surface area contributed by atoms with Gasteiger partial charge in [0, 0.05) is 6.54 Å². The number of aromatic nitrogens is 1. The van der Waals surface area contributed by atoms with Crippen LogP contribution in [0, 0.1) is 0 Å². The summed E-state index contributed by atoms with van der Waals surface area (Å²) in [5.41, 5.74) is 0. The van der Waals surface area contributed by atoms with Crippen LogP contribution >= 0.6 is 11.3 Å². The van der Waals surface area contributed by atoms with E-state index >= 15 is 0 Å². The fraction of sp³-hybridized carbons (Fsp3) is 0.667. The maximum atomic E-state index is 9.18. The zero-order valence-corrected chi connectivity index (χ0v) is 9.12. The first-order valence-electron chi connectivity index (χ1n) is 4.71. The first-order valence-corrected chi connectivity index (χ1v) is 5.59. The van der Waals surface area contributed by atoms with Gasteiger partial charge in [-0.3, -0.25) is 0 Å². The lowest BCUT2D eigenvalue weighted by atomic mass is 10.1. The quantitative estimate of drug-likeness (QED) is 0.768. The van der Waals surface area contributed by atoms with Gasteiger partial charge in [0.05, 0.1) is 24.1 Å². The second-order valence-corrected chi connectivity index (χ2v) is 4.33. The van der Waals surface area contributed by atoms with Crippen molar-refractivity contribution in [3.63, 3.8) is 0 Å². The summed E-state index contributed by atoms with van der Waals surface area (Å²) in [6.07, 6.45) is 0.217. The first kappa shape index (κ1) is 9.73. The molecule has 2 rings (SSSR count). The minimum Gasteiger partial charge on any atom is -0.493 e. The molecule has 0 aliphatic carbocycles. The van der Waals surface area contributed by atoms with Crippen molar-refractivity contribution in [2.75, 3.05) is 18.1 Å². The van der Waals surface area contributed by atoms with Gasteiger partial charge < -0.3 is 14.7 Å². The van der Waals surface area contributed by atoms with Crippen LogP contribution in [0.4, 0.5) is 5.13 Å². The molecule has 78 valence electrons. The molecular weight excluding hydrogens is 200 g/mol. The van der Waals surface area contributed by atoms with Crippen molar-refractivity contribution in [3.8, 4) is 5.88 Å². The van der Waals surface area contributed by atoms with Gasteiger partial charge in [-0.2, -0.15) is 4.98 Å². The molecule has 1 aliphatic heterocycles. The summed E-state index contributed by atoms with van der Waals surface area (Å²) in [5, 5.41) is 11.7. The molecular formula is C9H14N2O2S. The third kappa shape index (κ3) is 1.69. The van der Waals surface area contributed by atoms with E-state index in [-0.39, 0.29) is 12.0 Å². The van der Waals surface area contributed by atoms with Crippen molar-refractivity contribution in [2.24, 2.45) is 0 Å². The predicted octanol–water partition coefficient (Wildman–Crippen LogP) is 1.46. The SMILES string of the molecule is CC1OCCN(c2nc(O)cs2)C1C. The maximum absolute atomic E-state index is 9.18. The van der Waals surface area contributed by atoms with E-state index in [1.54, 1.807) is 5.38 Å². The largest absolute Gasteiger partial charge is 0.493 e. The van der Waals surface area contributed by atoms with Gasteiger partial charge >= 0.3 is 0 Å². The summed E-state index contributed by atoms with van der Waals surface area (Å²) in [5.74, 6) is 0.108. The van der Waals surface area contributed by atoms with Crippen molar-refractivity contribution in [3.05, 3.63) is 5.38 Å². The fourth-order valence-corrected chi connectivity index (χ4v) is 2.39. The number of hydrogen-bond donors (Lipinski definition) is 1. The number of hydrogen-bond acceptors (Lipinski definition) is 5. The number of aromatic hydroxyl groups is 1. The minimum atomic E-state index is 0.108. The van der Waals surface area contributed by atoms with Gasteiger partial charge in [0.2, 0.25) is 5.88 Å². The summed E-state index contributed by atoms with van der Waals surface area (Å²) < 4.78 is 5.52. The summed E-state index contributed by atoms with van der Waals surface area (Å²) in [6.45, 7) is 5.75. The lowest BCUT2D eigenvalue weighted by Crippen LogP contribution is -2.48. The average molecular weight is 214 g/mol. The van der Waals surface area contributed by atoms with E-state index < -0.39 is 0 Å². The average Bonchev–Trinajstić information content (AvgIpc) is 2.57. The van der Waals surface area contributed by atoms with Gasteiger partial charge in [0.15, 0.2) is 5.13 Å². The molecule has 5 heteroatoms. The number of anilines is 1. The van der Waals surface area contributed by atoms with Crippen LogP contribution in [0.2, 0.25) is 0 Å². The van der Waals surface area contributed by atoms with Crippen molar-refractivity contribution >= 4 is 16.5 Å².